The molecule has 0 aromatic rings. The van der Waals surface area contributed by atoms with Crippen LogP contribution in [0.15, 0.2) is 0 Å². The van der Waals surface area contributed by atoms with Crippen molar-refractivity contribution >= 4 is 22.1 Å². The second-order valence-electron chi connectivity index (χ2n) is 4.76. The Bertz CT molecular complexity index is 448. The molecular weight excluding hydrogens is 274 g/mol. The normalized spacial score (nSPS) is 21.4. The van der Waals surface area contributed by atoms with Crippen molar-refractivity contribution in [1.82, 2.24) is 14.3 Å². The lowest BCUT2D eigenvalue weighted by molar-refractivity contribution is -0.141. The zero-order valence-electron chi connectivity index (χ0n) is 10.9. The number of nitrogens with one attached hydrogen (secondary N) is 2. The summed E-state index contributed by atoms with van der Waals surface area (Å²) in [6.07, 6.45) is -0.547. The number of carbonyl (C=O) groups excluding carboxylic acids is 1. The van der Waals surface area contributed by atoms with Crippen LogP contribution in [0.4, 0.5) is 0 Å². The van der Waals surface area contributed by atoms with Crippen LogP contribution in [0, 0.1) is 5.92 Å². The van der Waals surface area contributed by atoms with Crippen molar-refractivity contribution in [3.63, 3.8) is 0 Å². The Balaban J connectivity index is 2.86. The van der Waals surface area contributed by atoms with Crippen LogP contribution >= 0.6 is 0 Å². The summed E-state index contributed by atoms with van der Waals surface area (Å²) in [5, 5.41) is 11.2. The van der Waals surface area contributed by atoms with E-state index in [2.05, 4.69) is 10.0 Å². The minimum atomic E-state index is -3.85. The predicted octanol–water partition coefficient (Wildman–Crippen LogP) is -1.25. The quantitative estimate of drug-likeness (QED) is 0.566. The van der Waals surface area contributed by atoms with Crippen LogP contribution in [0.2, 0.25) is 0 Å². The van der Waals surface area contributed by atoms with Crippen molar-refractivity contribution in [3.8, 4) is 0 Å². The van der Waals surface area contributed by atoms with Gasteiger partial charge in [-0.3, -0.25) is 9.59 Å². The number of amides is 1. The van der Waals surface area contributed by atoms with Gasteiger partial charge in [0.25, 0.3) is 10.2 Å². The predicted molar refractivity (Wildman–Crippen MR) is 67.5 cm³/mol. The smallest absolute Gasteiger partial charge is 0.305 e. The molecule has 9 heteroatoms. The Morgan fingerprint density at radius 1 is 1.58 bits per heavy atom. The molecule has 110 valence electrons. The number of piperazine rings is 1. The van der Waals surface area contributed by atoms with Gasteiger partial charge in [0, 0.05) is 19.6 Å². The van der Waals surface area contributed by atoms with Crippen LogP contribution in [-0.2, 0) is 19.8 Å². The van der Waals surface area contributed by atoms with Crippen molar-refractivity contribution in [2.24, 2.45) is 5.92 Å². The van der Waals surface area contributed by atoms with Gasteiger partial charge in [0.15, 0.2) is 0 Å². The van der Waals surface area contributed by atoms with E-state index in [9.17, 15) is 18.0 Å². The molecule has 0 aliphatic carbocycles. The van der Waals surface area contributed by atoms with Crippen molar-refractivity contribution in [2.45, 2.75) is 26.3 Å². The van der Waals surface area contributed by atoms with Crippen LogP contribution in [0.5, 0.6) is 0 Å². The van der Waals surface area contributed by atoms with E-state index >= 15 is 0 Å². The van der Waals surface area contributed by atoms with Gasteiger partial charge in [0.1, 0.15) is 6.04 Å². The maximum atomic E-state index is 12.1. The average Bonchev–Trinajstić information content (AvgIpc) is 2.28. The second-order valence-corrected chi connectivity index (χ2v) is 6.47. The molecule has 0 aromatic heterocycles. The van der Waals surface area contributed by atoms with Crippen LogP contribution in [0.3, 0.4) is 0 Å². The van der Waals surface area contributed by atoms with Crippen LogP contribution in [0.1, 0.15) is 20.3 Å². The first-order valence-corrected chi connectivity index (χ1v) is 7.44. The first kappa shape index (κ1) is 15.9. The minimum absolute atomic E-state index is 0.0666. The molecule has 1 rings (SSSR count). The highest BCUT2D eigenvalue weighted by atomic mass is 32.2. The summed E-state index contributed by atoms with van der Waals surface area (Å²) in [6.45, 7) is 4.18. The van der Waals surface area contributed by atoms with E-state index in [4.69, 9.17) is 5.11 Å². The Hall–Kier alpha value is -1.19. The molecule has 1 fully saturated rings. The molecular formula is C10H19N3O5S. The lowest BCUT2D eigenvalue weighted by Gasteiger charge is -2.33. The van der Waals surface area contributed by atoms with E-state index in [1.165, 1.54) is 0 Å². The molecule has 1 atom stereocenters. The monoisotopic (exact) mass is 293 g/mol. The third-order valence-electron chi connectivity index (χ3n) is 2.63. The Kier molecular flexibility index (Phi) is 5.27. The van der Waals surface area contributed by atoms with Gasteiger partial charge in [-0.15, -0.1) is 0 Å². The molecule has 0 saturated carbocycles. The summed E-state index contributed by atoms with van der Waals surface area (Å²) in [5.41, 5.74) is 0. The first-order chi connectivity index (χ1) is 8.74. The number of carbonyl (C=O) groups is 2. The lowest BCUT2D eigenvalue weighted by atomic mass is 10.1. The van der Waals surface area contributed by atoms with Crippen molar-refractivity contribution in [2.75, 3.05) is 19.6 Å². The maximum Gasteiger partial charge on any atom is 0.305 e. The number of nitrogens with zero attached hydrogens (tertiary/aromatic N) is 1. The van der Waals surface area contributed by atoms with Crippen LogP contribution < -0.4 is 10.0 Å². The van der Waals surface area contributed by atoms with E-state index < -0.39 is 34.5 Å². The molecule has 19 heavy (non-hydrogen) atoms. The van der Waals surface area contributed by atoms with Crippen molar-refractivity contribution in [3.05, 3.63) is 0 Å². The summed E-state index contributed by atoms with van der Waals surface area (Å²) >= 11 is 0. The molecule has 1 heterocycles. The topological polar surface area (TPSA) is 116 Å². The summed E-state index contributed by atoms with van der Waals surface area (Å²) < 4.78 is 27.4. The van der Waals surface area contributed by atoms with Gasteiger partial charge in [0.2, 0.25) is 5.91 Å². The maximum absolute atomic E-state index is 12.1. The fraction of sp³-hybridized carbons (Fsp3) is 0.800. The highest BCUT2D eigenvalue weighted by Gasteiger charge is 2.38. The molecule has 1 aliphatic heterocycles. The Morgan fingerprint density at radius 3 is 2.74 bits per heavy atom. The third kappa shape index (κ3) is 4.44. The number of carboxylic acid groups (broad SMARTS) is 1. The van der Waals surface area contributed by atoms with Crippen molar-refractivity contribution < 1.29 is 23.1 Å². The van der Waals surface area contributed by atoms with Crippen molar-refractivity contribution in [1.29, 1.82) is 0 Å². The van der Waals surface area contributed by atoms with Gasteiger partial charge in [0.05, 0.1) is 6.42 Å². The van der Waals surface area contributed by atoms with Gasteiger partial charge in [-0.1, -0.05) is 13.8 Å². The van der Waals surface area contributed by atoms with E-state index in [-0.39, 0.29) is 25.6 Å². The lowest BCUT2D eigenvalue weighted by Crippen LogP contribution is -2.60. The highest BCUT2D eigenvalue weighted by Crippen LogP contribution is 2.13. The average molecular weight is 293 g/mol. The number of hydrogen-bond donors (Lipinski definition) is 3. The number of rotatable bonds is 6. The van der Waals surface area contributed by atoms with E-state index in [1.807, 2.05) is 13.8 Å². The molecule has 1 amide bonds. The number of carboxylic acids is 1. The molecule has 8 nitrogen and oxygen atoms in total. The molecule has 0 spiro atoms. The van der Waals surface area contributed by atoms with Gasteiger partial charge < -0.3 is 10.4 Å². The molecule has 1 unspecified atom stereocenters. The summed E-state index contributed by atoms with van der Waals surface area (Å²) in [4.78, 5) is 22.3. The molecule has 0 bridgehead atoms. The SMILES string of the molecule is CC(C)CNS(=O)(=O)N1CCNC(=O)C1CC(=O)O. The largest absolute Gasteiger partial charge is 0.481 e. The van der Waals surface area contributed by atoms with E-state index in [1.54, 1.807) is 0 Å². The second kappa shape index (κ2) is 6.31. The molecule has 0 radical (unpaired) electrons. The fourth-order valence-corrected chi connectivity index (χ4v) is 3.24. The number of aliphatic carboxylic acids is 1. The first-order valence-electron chi connectivity index (χ1n) is 6.00. The van der Waals surface area contributed by atoms with Crippen LogP contribution in [-0.4, -0.2) is 55.4 Å². The number of hydrogen-bond acceptors (Lipinski definition) is 4. The summed E-state index contributed by atoms with van der Waals surface area (Å²) in [5.74, 6) is -1.68. The fourth-order valence-electron chi connectivity index (χ4n) is 1.70. The summed E-state index contributed by atoms with van der Waals surface area (Å²) in [6, 6.07) is -1.20. The molecule has 3 N–H and O–H groups in total. The molecule has 1 saturated heterocycles. The Labute approximate surface area is 112 Å². The van der Waals surface area contributed by atoms with Gasteiger partial charge in [-0.25, -0.2) is 4.72 Å². The van der Waals surface area contributed by atoms with E-state index in [0.29, 0.717) is 0 Å². The minimum Gasteiger partial charge on any atom is -0.481 e. The standard InChI is InChI=1S/C10H19N3O5S/c1-7(2)6-12-19(17,18)13-4-3-11-10(16)8(13)5-9(14)15/h7-8,12H,3-6H2,1-2H3,(H,11,16)(H,14,15). The molecule has 1 aliphatic rings. The van der Waals surface area contributed by atoms with Crippen LogP contribution in [0.25, 0.3) is 0 Å². The van der Waals surface area contributed by atoms with Gasteiger partial charge in [-0.2, -0.15) is 12.7 Å². The zero-order chi connectivity index (χ0) is 14.6. The van der Waals surface area contributed by atoms with Gasteiger partial charge >= 0.3 is 5.97 Å². The Morgan fingerprint density at radius 2 is 2.21 bits per heavy atom. The zero-order valence-corrected chi connectivity index (χ0v) is 11.7. The summed E-state index contributed by atoms with van der Waals surface area (Å²) in [7, 11) is -3.85. The third-order valence-corrected chi connectivity index (χ3v) is 4.22. The van der Waals surface area contributed by atoms with Gasteiger partial charge in [-0.05, 0) is 5.92 Å². The van der Waals surface area contributed by atoms with E-state index in [0.717, 1.165) is 4.31 Å². The molecule has 0 aromatic carbocycles. The highest BCUT2D eigenvalue weighted by molar-refractivity contribution is 7.87.